The summed E-state index contributed by atoms with van der Waals surface area (Å²) in [6.07, 6.45) is 8.37. The highest BCUT2D eigenvalue weighted by Crippen LogP contribution is 2.36. The third-order valence-electron chi connectivity index (χ3n) is 4.45. The molecule has 0 spiro atoms. The molecule has 2 amide bonds. The summed E-state index contributed by atoms with van der Waals surface area (Å²) < 4.78 is 5.29. The van der Waals surface area contributed by atoms with E-state index in [2.05, 4.69) is 10.2 Å². The number of ether oxygens (including phenoxy) is 1. The van der Waals surface area contributed by atoms with Crippen LogP contribution in [0.15, 0.2) is 0 Å². The highest BCUT2D eigenvalue weighted by molar-refractivity contribution is 5.74. The van der Waals surface area contributed by atoms with Gasteiger partial charge in [0.25, 0.3) is 0 Å². The number of amides is 2. The molecule has 2 rings (SSSR count). The maximum Gasteiger partial charge on any atom is 0.317 e. The molecule has 0 aromatic carbocycles. The Morgan fingerprint density at radius 2 is 2.11 bits per heavy atom. The fraction of sp³-hybridized carbons (Fsp3) is 0.933. The number of fused-ring (bicyclic) bond motifs is 1. The summed E-state index contributed by atoms with van der Waals surface area (Å²) in [6, 6.07) is 0.685. The number of hydrogen-bond acceptors (Lipinski definition) is 2. The largest absolute Gasteiger partial charge is 0.382 e. The van der Waals surface area contributed by atoms with Crippen LogP contribution >= 0.6 is 0 Å². The van der Waals surface area contributed by atoms with Gasteiger partial charge >= 0.3 is 6.03 Å². The first-order valence-corrected chi connectivity index (χ1v) is 7.95. The summed E-state index contributed by atoms with van der Waals surface area (Å²) in [6.45, 7) is 5.33. The molecule has 2 atom stereocenters. The molecular weight excluding hydrogens is 240 g/mol. The number of carbonyl (C=O) groups is 1. The summed E-state index contributed by atoms with van der Waals surface area (Å²) in [7, 11) is 0. The van der Waals surface area contributed by atoms with Gasteiger partial charge in [0.05, 0.1) is 0 Å². The summed E-state index contributed by atoms with van der Waals surface area (Å²) in [5, 5.41) is 3.07. The average Bonchev–Trinajstić information content (AvgIpc) is 2.90. The minimum Gasteiger partial charge on any atom is -0.382 e. The van der Waals surface area contributed by atoms with Gasteiger partial charge in [-0.05, 0) is 51.4 Å². The van der Waals surface area contributed by atoms with Crippen LogP contribution in [0.4, 0.5) is 4.79 Å². The lowest BCUT2D eigenvalue weighted by atomic mass is 9.92. The molecule has 1 aliphatic heterocycles. The van der Waals surface area contributed by atoms with E-state index in [1.807, 2.05) is 6.92 Å². The first-order valence-electron chi connectivity index (χ1n) is 7.95. The number of unbranched alkanes of at least 4 members (excludes halogenated alkanes) is 1. The van der Waals surface area contributed by atoms with E-state index in [0.29, 0.717) is 6.04 Å². The van der Waals surface area contributed by atoms with Gasteiger partial charge in [0.1, 0.15) is 0 Å². The van der Waals surface area contributed by atoms with E-state index < -0.39 is 0 Å². The monoisotopic (exact) mass is 268 g/mol. The Kier molecular flexibility index (Phi) is 5.95. The highest BCUT2D eigenvalue weighted by Gasteiger charge is 2.37. The second-order valence-corrected chi connectivity index (χ2v) is 5.73. The number of nitrogens with zero attached hydrogens (tertiary/aromatic N) is 1. The molecule has 0 unspecified atom stereocenters. The van der Waals surface area contributed by atoms with Crippen LogP contribution in [0.1, 0.15) is 51.9 Å². The minimum absolute atomic E-state index is 0.160. The van der Waals surface area contributed by atoms with Crippen molar-refractivity contribution in [2.45, 2.75) is 57.9 Å². The van der Waals surface area contributed by atoms with Gasteiger partial charge in [0.2, 0.25) is 0 Å². The topological polar surface area (TPSA) is 41.6 Å². The molecule has 1 N–H and O–H groups in total. The van der Waals surface area contributed by atoms with E-state index in [1.165, 1.54) is 32.1 Å². The van der Waals surface area contributed by atoms with Gasteiger partial charge in [-0.15, -0.1) is 0 Å². The number of piperidine rings is 1. The Morgan fingerprint density at radius 1 is 1.26 bits per heavy atom. The lowest BCUT2D eigenvalue weighted by Gasteiger charge is -2.37. The van der Waals surface area contributed by atoms with Crippen molar-refractivity contribution in [3.63, 3.8) is 0 Å². The maximum atomic E-state index is 12.2. The van der Waals surface area contributed by atoms with Crippen LogP contribution in [-0.4, -0.2) is 43.3 Å². The number of nitrogens with one attached hydrogen (secondary N) is 1. The molecule has 0 bridgehead atoms. The summed E-state index contributed by atoms with van der Waals surface area (Å²) in [4.78, 5) is 14.3. The van der Waals surface area contributed by atoms with E-state index in [-0.39, 0.29) is 6.03 Å². The SMILES string of the molecule is CCOCCCCNC(=O)N1CCC[C@H]2CCC[C@@H]21. The fourth-order valence-electron chi connectivity index (χ4n) is 3.48. The number of hydrogen-bond donors (Lipinski definition) is 1. The van der Waals surface area contributed by atoms with Crippen molar-refractivity contribution in [1.82, 2.24) is 10.2 Å². The molecule has 2 fully saturated rings. The van der Waals surface area contributed by atoms with E-state index in [0.717, 1.165) is 45.1 Å². The van der Waals surface area contributed by atoms with Gasteiger partial charge in [-0.2, -0.15) is 0 Å². The normalized spacial score (nSPS) is 26.3. The number of carbonyl (C=O) groups excluding carboxylic acids is 1. The Morgan fingerprint density at radius 3 is 2.95 bits per heavy atom. The van der Waals surface area contributed by atoms with Crippen LogP contribution in [0.2, 0.25) is 0 Å². The van der Waals surface area contributed by atoms with Crippen molar-refractivity contribution in [3.05, 3.63) is 0 Å². The first-order chi connectivity index (χ1) is 9.33. The number of urea groups is 1. The standard InChI is InChI=1S/C15H28N2O2/c1-2-19-12-4-3-10-16-15(18)17-11-6-8-13-7-5-9-14(13)17/h13-14H,2-12H2,1H3,(H,16,18)/t13-,14+/m1/s1. The van der Waals surface area contributed by atoms with Gasteiger partial charge < -0.3 is 15.0 Å². The molecule has 4 heteroatoms. The third kappa shape index (κ3) is 4.10. The molecular formula is C15H28N2O2. The lowest BCUT2D eigenvalue weighted by molar-refractivity contribution is 0.127. The van der Waals surface area contributed by atoms with Crippen molar-refractivity contribution in [3.8, 4) is 0 Å². The van der Waals surface area contributed by atoms with Crippen molar-refractivity contribution >= 4 is 6.03 Å². The Labute approximate surface area is 116 Å². The van der Waals surface area contributed by atoms with Gasteiger partial charge in [-0.1, -0.05) is 6.42 Å². The zero-order valence-electron chi connectivity index (χ0n) is 12.2. The second-order valence-electron chi connectivity index (χ2n) is 5.73. The third-order valence-corrected chi connectivity index (χ3v) is 4.45. The van der Waals surface area contributed by atoms with Crippen LogP contribution in [-0.2, 0) is 4.74 Å². The van der Waals surface area contributed by atoms with Crippen LogP contribution < -0.4 is 5.32 Å². The Balaban J connectivity index is 1.65. The minimum atomic E-state index is 0.160. The van der Waals surface area contributed by atoms with Crippen molar-refractivity contribution in [2.24, 2.45) is 5.92 Å². The molecule has 110 valence electrons. The van der Waals surface area contributed by atoms with E-state index in [9.17, 15) is 4.79 Å². The summed E-state index contributed by atoms with van der Waals surface area (Å²) in [5.74, 6) is 0.775. The number of likely N-dealkylation sites (tertiary alicyclic amines) is 1. The number of rotatable bonds is 6. The second kappa shape index (κ2) is 7.73. The van der Waals surface area contributed by atoms with Crippen LogP contribution in [0, 0.1) is 5.92 Å². The first kappa shape index (κ1) is 14.6. The molecule has 0 aromatic heterocycles. The predicted molar refractivity (Wildman–Crippen MR) is 76.2 cm³/mol. The van der Waals surface area contributed by atoms with Crippen LogP contribution in [0.5, 0.6) is 0 Å². The molecule has 0 aromatic rings. The quantitative estimate of drug-likeness (QED) is 0.753. The van der Waals surface area contributed by atoms with Gasteiger partial charge in [-0.25, -0.2) is 4.79 Å². The molecule has 19 heavy (non-hydrogen) atoms. The zero-order valence-corrected chi connectivity index (χ0v) is 12.2. The lowest BCUT2D eigenvalue weighted by Crippen LogP contribution is -2.50. The van der Waals surface area contributed by atoms with E-state index in [4.69, 9.17) is 4.74 Å². The van der Waals surface area contributed by atoms with E-state index >= 15 is 0 Å². The molecule has 1 aliphatic carbocycles. The Bertz CT molecular complexity index is 283. The Hall–Kier alpha value is -0.770. The zero-order chi connectivity index (χ0) is 13.5. The van der Waals surface area contributed by atoms with Crippen LogP contribution in [0.3, 0.4) is 0 Å². The molecule has 2 aliphatic rings. The summed E-state index contributed by atoms with van der Waals surface area (Å²) in [5.41, 5.74) is 0. The van der Waals surface area contributed by atoms with Crippen LogP contribution in [0.25, 0.3) is 0 Å². The van der Waals surface area contributed by atoms with Gasteiger partial charge in [0.15, 0.2) is 0 Å². The molecule has 1 saturated carbocycles. The molecule has 0 radical (unpaired) electrons. The molecule has 4 nitrogen and oxygen atoms in total. The van der Waals surface area contributed by atoms with Gasteiger partial charge in [-0.3, -0.25) is 0 Å². The van der Waals surface area contributed by atoms with Crippen molar-refractivity contribution in [2.75, 3.05) is 26.3 Å². The summed E-state index contributed by atoms with van der Waals surface area (Å²) >= 11 is 0. The fourth-order valence-corrected chi connectivity index (χ4v) is 3.48. The predicted octanol–water partition coefficient (Wildman–Crippen LogP) is 2.78. The average molecular weight is 268 g/mol. The smallest absolute Gasteiger partial charge is 0.317 e. The highest BCUT2D eigenvalue weighted by atomic mass is 16.5. The molecule has 1 heterocycles. The van der Waals surface area contributed by atoms with Crippen molar-refractivity contribution < 1.29 is 9.53 Å². The van der Waals surface area contributed by atoms with Crippen molar-refractivity contribution in [1.29, 1.82) is 0 Å². The van der Waals surface area contributed by atoms with E-state index in [1.54, 1.807) is 0 Å². The van der Waals surface area contributed by atoms with Gasteiger partial charge in [0, 0.05) is 32.3 Å². The molecule has 1 saturated heterocycles. The maximum absolute atomic E-state index is 12.2.